The van der Waals surface area contributed by atoms with E-state index < -0.39 is 48.9 Å². The van der Waals surface area contributed by atoms with Gasteiger partial charge in [0, 0.05) is 23.9 Å². The van der Waals surface area contributed by atoms with E-state index in [9.17, 15) is 23.2 Å². The number of aryl methyl sites for hydroxylation is 1. The number of halogens is 3. The van der Waals surface area contributed by atoms with Crippen LogP contribution < -0.4 is 16.0 Å². The molecule has 2 heterocycles. The van der Waals surface area contributed by atoms with Gasteiger partial charge in [-0.2, -0.15) is 0 Å². The number of hydrogen-bond donors (Lipinski definition) is 3. The molecule has 1 aliphatic rings. The largest absolute Gasteiger partial charge is 0.382 e. The van der Waals surface area contributed by atoms with Crippen LogP contribution in [0.25, 0.3) is 0 Å². The van der Waals surface area contributed by atoms with E-state index in [4.69, 9.17) is 16.3 Å². The van der Waals surface area contributed by atoms with E-state index in [1.807, 2.05) is 0 Å². The third-order valence-electron chi connectivity index (χ3n) is 6.37. The predicted molar refractivity (Wildman–Crippen MR) is 145 cm³/mol. The maximum absolute atomic E-state index is 14.1. The zero-order valence-corrected chi connectivity index (χ0v) is 22.5. The van der Waals surface area contributed by atoms with E-state index in [0.29, 0.717) is 27.3 Å². The molecule has 1 aliphatic heterocycles. The summed E-state index contributed by atoms with van der Waals surface area (Å²) in [6, 6.07) is 13.8. The second-order valence-corrected chi connectivity index (χ2v) is 9.77. The summed E-state index contributed by atoms with van der Waals surface area (Å²) < 4.78 is 33.5. The first kappa shape index (κ1) is 28.9. The van der Waals surface area contributed by atoms with Crippen molar-refractivity contribution in [1.82, 2.24) is 20.5 Å². The summed E-state index contributed by atoms with van der Waals surface area (Å²) in [6.07, 6.45) is 1.39. The number of benzene rings is 2. The molecule has 4 rings (SSSR count). The Hall–Kier alpha value is -4.09. The fourth-order valence-corrected chi connectivity index (χ4v) is 4.45. The van der Waals surface area contributed by atoms with Gasteiger partial charge in [0.15, 0.2) is 0 Å². The first-order valence-corrected chi connectivity index (χ1v) is 12.8. The summed E-state index contributed by atoms with van der Waals surface area (Å²) in [7, 11) is 1.39. The quantitative estimate of drug-likeness (QED) is 0.350. The number of carbonyl (C=O) groups excluding carboxylic acids is 3. The minimum absolute atomic E-state index is 0.0687. The molecule has 1 saturated heterocycles. The van der Waals surface area contributed by atoms with Gasteiger partial charge in [-0.25, -0.2) is 18.6 Å². The van der Waals surface area contributed by atoms with Gasteiger partial charge in [0.2, 0.25) is 0 Å². The second kappa shape index (κ2) is 12.4. The number of methoxy groups -OCH3 is 1. The molecule has 0 radical (unpaired) electrons. The summed E-state index contributed by atoms with van der Waals surface area (Å²) in [6.45, 7) is 0.169. The summed E-state index contributed by atoms with van der Waals surface area (Å²) >= 11 is 6.17. The summed E-state index contributed by atoms with van der Waals surface area (Å²) in [5, 5.41) is 8.15. The number of nitrogens with zero attached hydrogens (tertiary/aromatic N) is 2. The Morgan fingerprint density at radius 1 is 1.15 bits per heavy atom. The highest BCUT2D eigenvalue weighted by atomic mass is 35.5. The number of alkyl halides is 2. The van der Waals surface area contributed by atoms with Crippen LogP contribution in [0.2, 0.25) is 5.02 Å². The van der Waals surface area contributed by atoms with Crippen molar-refractivity contribution < 1.29 is 27.9 Å². The Kier molecular flexibility index (Phi) is 8.96. The summed E-state index contributed by atoms with van der Waals surface area (Å²) in [4.78, 5) is 44.1. The van der Waals surface area contributed by atoms with E-state index in [1.54, 1.807) is 61.5 Å². The molecule has 0 unspecified atom stereocenters. The molecule has 210 valence electrons. The number of anilines is 1. The van der Waals surface area contributed by atoms with Gasteiger partial charge in [0.25, 0.3) is 17.7 Å². The summed E-state index contributed by atoms with van der Waals surface area (Å²) in [5.41, 5.74) is 1.99. The van der Waals surface area contributed by atoms with Gasteiger partial charge in [-0.3, -0.25) is 9.59 Å². The third kappa shape index (κ3) is 6.91. The molecule has 12 heteroatoms. The van der Waals surface area contributed by atoms with Crippen LogP contribution in [0, 0.1) is 6.92 Å². The minimum Gasteiger partial charge on any atom is -0.382 e. The van der Waals surface area contributed by atoms with Crippen LogP contribution in [0.5, 0.6) is 0 Å². The average molecular weight is 572 g/mol. The number of ether oxygens (including phenoxy) is 1. The molecule has 1 fully saturated rings. The van der Waals surface area contributed by atoms with E-state index in [-0.39, 0.29) is 12.4 Å². The molecule has 40 heavy (non-hydrogen) atoms. The Morgan fingerprint density at radius 3 is 2.60 bits per heavy atom. The lowest BCUT2D eigenvalue weighted by Crippen LogP contribution is -2.58. The van der Waals surface area contributed by atoms with Gasteiger partial charge < -0.3 is 25.6 Å². The number of urea groups is 1. The van der Waals surface area contributed by atoms with Crippen LogP contribution in [0.4, 0.5) is 19.4 Å². The molecule has 3 aromatic rings. The van der Waals surface area contributed by atoms with Crippen molar-refractivity contribution in [3.05, 3.63) is 94.1 Å². The number of rotatable bonds is 9. The van der Waals surface area contributed by atoms with Crippen LogP contribution in [0.3, 0.4) is 0 Å². The van der Waals surface area contributed by atoms with Crippen LogP contribution in [0.1, 0.15) is 39.1 Å². The molecule has 4 amide bonds. The van der Waals surface area contributed by atoms with Gasteiger partial charge >= 0.3 is 6.03 Å². The number of hydrogen-bond acceptors (Lipinski definition) is 5. The lowest BCUT2D eigenvalue weighted by Gasteiger charge is -2.38. The minimum atomic E-state index is -3.12. The van der Waals surface area contributed by atoms with Crippen LogP contribution >= 0.6 is 11.6 Å². The molecule has 0 saturated carbocycles. The number of carbonyl (C=O) groups is 3. The highest BCUT2D eigenvalue weighted by Crippen LogP contribution is 2.29. The molecule has 2 aromatic carbocycles. The van der Waals surface area contributed by atoms with Crippen LogP contribution in [-0.4, -0.2) is 60.5 Å². The maximum Gasteiger partial charge on any atom is 0.318 e. The molecule has 0 bridgehead atoms. The van der Waals surface area contributed by atoms with E-state index in [2.05, 4.69) is 20.9 Å². The fraction of sp³-hybridized carbons (Fsp3) is 0.286. The van der Waals surface area contributed by atoms with Crippen molar-refractivity contribution in [2.24, 2.45) is 0 Å². The normalized spacial score (nSPS) is 16.0. The number of nitrogens with one attached hydrogen (secondary N) is 3. The zero-order valence-electron chi connectivity index (χ0n) is 21.8. The molecular weight excluding hydrogens is 544 g/mol. The molecule has 1 aromatic heterocycles. The maximum atomic E-state index is 14.1. The van der Waals surface area contributed by atoms with Crippen molar-refractivity contribution in [3.63, 3.8) is 0 Å². The predicted octanol–water partition coefficient (Wildman–Crippen LogP) is 4.50. The Labute approximate surface area is 234 Å². The third-order valence-corrected chi connectivity index (χ3v) is 6.79. The number of aromatic nitrogens is 1. The molecule has 0 spiro atoms. The lowest BCUT2D eigenvalue weighted by atomic mass is 10.0. The van der Waals surface area contributed by atoms with Gasteiger partial charge in [0.1, 0.15) is 11.9 Å². The standard InChI is InChI=1S/C28H28ClF2N5O4/c1-17-12-20(8-9-21(17)29)24(35-25(37)18-6-4-3-5-7-18)26(38)34-23-13-19(10-11-32-23)22(14-40-2)36-16-28(30,31)15-33-27(36)39/h3-13,22,24H,14-16H2,1-2H3,(H,33,39)(H,35,37)(H,32,34,38)/t22-,24+/m1/s1. The number of amides is 4. The van der Waals surface area contributed by atoms with Crippen LogP contribution in [-0.2, 0) is 9.53 Å². The SMILES string of the molecule is COC[C@H](c1ccnc(NC(=O)[C@@H](NC(=O)c2ccccc2)c2ccc(Cl)c(C)c2)c1)N1CC(F)(F)CNC1=O. The monoisotopic (exact) mass is 571 g/mol. The van der Waals surface area contributed by atoms with Crippen LogP contribution in [0.15, 0.2) is 66.9 Å². The molecule has 9 nitrogen and oxygen atoms in total. The first-order valence-electron chi connectivity index (χ1n) is 12.4. The first-order chi connectivity index (χ1) is 19.1. The Balaban J connectivity index is 1.61. The Bertz CT molecular complexity index is 1390. The highest BCUT2D eigenvalue weighted by Gasteiger charge is 2.42. The zero-order chi connectivity index (χ0) is 28.9. The fourth-order valence-electron chi connectivity index (χ4n) is 4.33. The highest BCUT2D eigenvalue weighted by molar-refractivity contribution is 6.31. The molecule has 3 N–H and O–H groups in total. The van der Waals surface area contributed by atoms with E-state index >= 15 is 0 Å². The van der Waals surface area contributed by atoms with E-state index in [0.717, 1.165) is 4.90 Å². The smallest absolute Gasteiger partial charge is 0.318 e. The van der Waals surface area contributed by atoms with Gasteiger partial charge in [0.05, 0.1) is 25.7 Å². The van der Waals surface area contributed by atoms with Crippen molar-refractivity contribution in [1.29, 1.82) is 0 Å². The van der Waals surface area contributed by atoms with Crippen molar-refractivity contribution >= 4 is 35.3 Å². The average Bonchev–Trinajstić information content (AvgIpc) is 2.94. The van der Waals surface area contributed by atoms with Crippen molar-refractivity contribution in [3.8, 4) is 0 Å². The van der Waals surface area contributed by atoms with Crippen molar-refractivity contribution in [2.45, 2.75) is 24.9 Å². The van der Waals surface area contributed by atoms with E-state index in [1.165, 1.54) is 19.4 Å². The second-order valence-electron chi connectivity index (χ2n) is 9.36. The number of pyridine rings is 1. The summed E-state index contributed by atoms with van der Waals surface area (Å²) in [5.74, 6) is -4.09. The molecular formula is C28H28ClF2N5O4. The molecule has 0 aliphatic carbocycles. The molecule has 2 atom stereocenters. The van der Waals surface area contributed by atoms with Gasteiger partial charge in [-0.15, -0.1) is 0 Å². The van der Waals surface area contributed by atoms with Gasteiger partial charge in [-0.05, 0) is 53.9 Å². The van der Waals surface area contributed by atoms with Gasteiger partial charge in [-0.1, -0.05) is 41.9 Å². The van der Waals surface area contributed by atoms with Crippen molar-refractivity contribution in [2.75, 3.05) is 32.1 Å². The lowest BCUT2D eigenvalue weighted by molar-refractivity contribution is -0.118. The Morgan fingerprint density at radius 2 is 1.90 bits per heavy atom. The topological polar surface area (TPSA) is 113 Å².